The molecule has 32 valence electrons. The van der Waals surface area contributed by atoms with Crippen molar-refractivity contribution in [3.05, 3.63) is 0 Å². The predicted octanol–water partition coefficient (Wildman–Crippen LogP) is 0.181. The first-order valence-corrected chi connectivity index (χ1v) is 4.26. The summed E-state index contributed by atoms with van der Waals surface area (Å²) in [6.07, 6.45) is 0. The Balaban J connectivity index is 2.85. The molecule has 0 aliphatic carbocycles. The molecule has 0 aliphatic rings. The monoisotopic (exact) mass is 142 g/mol. The molecule has 0 aromatic rings. The zero-order valence-electron chi connectivity index (χ0n) is 3.22. The molecule has 0 N–H and O–H groups in total. The molecule has 0 spiro atoms. The molecule has 0 rings (SSSR count). The minimum atomic E-state index is -1.80. The summed E-state index contributed by atoms with van der Waals surface area (Å²) in [6.45, 7) is 0. The van der Waals surface area contributed by atoms with Crippen LogP contribution in [0.5, 0.6) is 0 Å². The fourth-order valence-corrected chi connectivity index (χ4v) is 0. The normalized spacial score (nSPS) is 14.8. The van der Waals surface area contributed by atoms with Gasteiger partial charge in [0.05, 0.1) is 0 Å². The van der Waals surface area contributed by atoms with Crippen LogP contribution in [-0.4, -0.2) is 21.3 Å². The Morgan fingerprint density at radius 3 is 2.00 bits per heavy atom. The fraction of sp³-hybridized carbons (Fsp3) is 1.00. The Hall–Kier alpha value is 0.279. The van der Waals surface area contributed by atoms with E-state index in [2.05, 4.69) is 3.82 Å². The van der Waals surface area contributed by atoms with Crippen LogP contribution in [0.3, 0.4) is 0 Å². The van der Waals surface area contributed by atoms with Crippen LogP contribution in [0.2, 0.25) is 5.82 Å². The predicted molar refractivity (Wildman–Crippen MR) is 19.3 cm³/mol. The van der Waals surface area contributed by atoms with Crippen LogP contribution >= 0.6 is 0 Å². The van der Waals surface area contributed by atoms with E-state index < -0.39 is 14.2 Å². The van der Waals surface area contributed by atoms with Crippen molar-refractivity contribution in [2.24, 2.45) is 0 Å². The Labute approximate surface area is 35.5 Å². The second kappa shape index (κ2) is 2.51. The van der Waals surface area contributed by atoms with Gasteiger partial charge in [-0.2, -0.15) is 0 Å². The zero-order chi connectivity index (χ0) is 4.28. The van der Waals surface area contributed by atoms with Gasteiger partial charge in [0, 0.05) is 0 Å². The number of hydrogen-bond acceptors (Lipinski definition) is 2. The molecule has 0 bridgehead atoms. The summed E-state index contributed by atoms with van der Waals surface area (Å²) in [4.78, 5) is 0. The summed E-state index contributed by atoms with van der Waals surface area (Å²) in [5, 5.41) is 0. The molecule has 0 fully saturated rings. The summed E-state index contributed by atoms with van der Waals surface area (Å²) in [5.41, 5.74) is 0. The minimum absolute atomic E-state index is 1.44. The summed E-state index contributed by atoms with van der Waals surface area (Å²) >= 11 is -1.80. The standard InChI is InChI=1S/C2H6O2Se/c1-4-5(2)3/h1-2H3. The summed E-state index contributed by atoms with van der Waals surface area (Å²) in [5.74, 6) is 1.57. The maximum atomic E-state index is 9.80. The van der Waals surface area contributed by atoms with Crippen LogP contribution in [0.1, 0.15) is 0 Å². The van der Waals surface area contributed by atoms with Crippen molar-refractivity contribution in [1.82, 2.24) is 0 Å². The van der Waals surface area contributed by atoms with E-state index in [0.717, 1.165) is 0 Å². The van der Waals surface area contributed by atoms with E-state index >= 15 is 0 Å². The Morgan fingerprint density at radius 1 is 1.80 bits per heavy atom. The van der Waals surface area contributed by atoms with Crippen LogP contribution in [0.4, 0.5) is 0 Å². The molecule has 3 heteroatoms. The van der Waals surface area contributed by atoms with Gasteiger partial charge in [0.2, 0.25) is 0 Å². The van der Waals surface area contributed by atoms with Crippen molar-refractivity contribution < 1.29 is 7.65 Å². The molecule has 2 nitrogen and oxygen atoms in total. The third-order valence-corrected chi connectivity index (χ3v) is 1.22. The molecular weight excluding hydrogens is 135 g/mol. The second-order valence-corrected chi connectivity index (χ2v) is 2.95. The first-order valence-electron chi connectivity index (χ1n) is 1.15. The zero-order valence-corrected chi connectivity index (χ0v) is 4.94. The Kier molecular flexibility index (Phi) is 2.65. The molecule has 0 saturated heterocycles. The molecule has 1 atom stereocenters. The van der Waals surface area contributed by atoms with Crippen molar-refractivity contribution in [2.75, 3.05) is 7.11 Å². The maximum absolute atomic E-state index is 9.80. The summed E-state index contributed by atoms with van der Waals surface area (Å²) < 4.78 is 14.1. The van der Waals surface area contributed by atoms with Gasteiger partial charge in [-0.25, -0.2) is 0 Å². The molecule has 0 radical (unpaired) electrons. The van der Waals surface area contributed by atoms with E-state index in [9.17, 15) is 3.83 Å². The van der Waals surface area contributed by atoms with Crippen LogP contribution in [0, 0.1) is 0 Å². The molecule has 0 aromatic carbocycles. The average molecular weight is 141 g/mol. The van der Waals surface area contributed by atoms with Crippen LogP contribution < -0.4 is 0 Å². The molecular formula is C2H6O2Se. The van der Waals surface area contributed by atoms with E-state index in [0.29, 0.717) is 0 Å². The van der Waals surface area contributed by atoms with Gasteiger partial charge < -0.3 is 0 Å². The van der Waals surface area contributed by atoms with E-state index in [1.54, 1.807) is 5.82 Å². The average Bonchev–Trinajstić information content (AvgIpc) is 1.38. The Bertz CT molecular complexity index is 42.9. The first kappa shape index (κ1) is 5.28. The third-order valence-electron chi connectivity index (χ3n) is 0.235. The van der Waals surface area contributed by atoms with E-state index in [-0.39, 0.29) is 0 Å². The van der Waals surface area contributed by atoms with Crippen molar-refractivity contribution in [1.29, 1.82) is 0 Å². The summed E-state index contributed by atoms with van der Waals surface area (Å²) in [6, 6.07) is 0. The number of hydrogen-bond donors (Lipinski definition) is 0. The topological polar surface area (TPSA) is 26.3 Å². The van der Waals surface area contributed by atoms with Gasteiger partial charge >= 0.3 is 34.7 Å². The SMILES string of the molecule is CO[Se](C)=O. The van der Waals surface area contributed by atoms with Gasteiger partial charge in [0.1, 0.15) is 0 Å². The summed E-state index contributed by atoms with van der Waals surface area (Å²) in [7, 11) is 1.44. The van der Waals surface area contributed by atoms with Crippen molar-refractivity contribution in [3.63, 3.8) is 0 Å². The van der Waals surface area contributed by atoms with Gasteiger partial charge in [-0.3, -0.25) is 0 Å². The third kappa shape index (κ3) is 4.28. The van der Waals surface area contributed by atoms with Gasteiger partial charge in [-0.15, -0.1) is 0 Å². The molecule has 0 saturated carbocycles. The molecule has 0 amide bonds. The van der Waals surface area contributed by atoms with Crippen molar-refractivity contribution >= 4 is 14.2 Å². The fourth-order valence-electron chi connectivity index (χ4n) is 0. The first-order chi connectivity index (χ1) is 2.27. The Morgan fingerprint density at radius 2 is 2.00 bits per heavy atom. The van der Waals surface area contributed by atoms with Crippen LogP contribution in [0.15, 0.2) is 0 Å². The van der Waals surface area contributed by atoms with E-state index in [1.165, 1.54) is 7.11 Å². The van der Waals surface area contributed by atoms with Crippen LogP contribution in [0.25, 0.3) is 0 Å². The molecule has 5 heavy (non-hydrogen) atoms. The molecule has 0 heterocycles. The quantitative estimate of drug-likeness (QED) is 0.487. The molecule has 0 aromatic heterocycles. The molecule has 1 unspecified atom stereocenters. The van der Waals surface area contributed by atoms with Gasteiger partial charge in [-0.1, -0.05) is 0 Å². The van der Waals surface area contributed by atoms with E-state index in [4.69, 9.17) is 0 Å². The van der Waals surface area contributed by atoms with Gasteiger partial charge in [0.15, 0.2) is 0 Å². The van der Waals surface area contributed by atoms with Crippen LogP contribution in [-0.2, 0) is 7.65 Å². The molecule has 0 aliphatic heterocycles. The van der Waals surface area contributed by atoms with Gasteiger partial charge in [0.25, 0.3) is 0 Å². The van der Waals surface area contributed by atoms with Crippen molar-refractivity contribution in [3.8, 4) is 0 Å². The number of rotatable bonds is 1. The van der Waals surface area contributed by atoms with Crippen molar-refractivity contribution in [2.45, 2.75) is 5.82 Å². The van der Waals surface area contributed by atoms with E-state index in [1.807, 2.05) is 0 Å². The second-order valence-electron chi connectivity index (χ2n) is 0.568. The van der Waals surface area contributed by atoms with Gasteiger partial charge in [-0.05, 0) is 0 Å².